The van der Waals surface area contributed by atoms with Crippen molar-refractivity contribution in [2.24, 2.45) is 7.05 Å². The standard InChI is InChI=1S/C29H22NO/c1-19-16-26-24-13-12-21-10-6-7-11-23(21)29(24)31-28(26)18-25(19)27-17-22(14-15-30(27)2)20-8-4-3-5-9-20/h3-18H,1-2H3/q+1. The Morgan fingerprint density at radius 1 is 0.677 bits per heavy atom. The van der Waals surface area contributed by atoms with E-state index in [9.17, 15) is 0 Å². The van der Waals surface area contributed by atoms with Gasteiger partial charge in [0.25, 0.3) is 0 Å². The predicted octanol–water partition coefficient (Wildman–Crippen LogP) is 7.21. The van der Waals surface area contributed by atoms with Crippen LogP contribution in [0.25, 0.3) is 55.1 Å². The van der Waals surface area contributed by atoms with Gasteiger partial charge in [-0.3, -0.25) is 0 Å². The zero-order chi connectivity index (χ0) is 20.9. The summed E-state index contributed by atoms with van der Waals surface area (Å²) in [7, 11) is 2.10. The molecule has 31 heavy (non-hydrogen) atoms. The van der Waals surface area contributed by atoms with E-state index in [0.29, 0.717) is 0 Å². The molecular formula is C29H22NO+. The number of nitrogens with zero attached hydrogens (tertiary/aromatic N) is 1. The number of benzene rings is 4. The van der Waals surface area contributed by atoms with Crippen molar-refractivity contribution in [1.82, 2.24) is 0 Å². The molecule has 0 bridgehead atoms. The molecule has 0 radical (unpaired) electrons. The average Bonchev–Trinajstić information content (AvgIpc) is 3.17. The fourth-order valence-corrected chi connectivity index (χ4v) is 4.58. The molecule has 6 rings (SSSR count). The third-order valence-electron chi connectivity index (χ3n) is 6.24. The molecule has 4 aromatic carbocycles. The Morgan fingerprint density at radius 2 is 1.48 bits per heavy atom. The Bertz CT molecular complexity index is 1590. The Kier molecular flexibility index (Phi) is 3.94. The van der Waals surface area contributed by atoms with Gasteiger partial charge in [-0.05, 0) is 47.2 Å². The maximum absolute atomic E-state index is 6.43. The van der Waals surface area contributed by atoms with Gasteiger partial charge in [-0.2, -0.15) is 0 Å². The van der Waals surface area contributed by atoms with Gasteiger partial charge in [-0.15, -0.1) is 0 Å². The van der Waals surface area contributed by atoms with Gasteiger partial charge in [-0.1, -0.05) is 60.7 Å². The van der Waals surface area contributed by atoms with Crippen molar-refractivity contribution in [3.63, 3.8) is 0 Å². The number of hydrogen-bond donors (Lipinski definition) is 0. The summed E-state index contributed by atoms with van der Waals surface area (Å²) in [5.41, 5.74) is 7.93. The predicted molar refractivity (Wildman–Crippen MR) is 128 cm³/mol. The van der Waals surface area contributed by atoms with Crippen LogP contribution in [-0.2, 0) is 7.05 Å². The molecule has 0 amide bonds. The van der Waals surface area contributed by atoms with E-state index in [-0.39, 0.29) is 0 Å². The van der Waals surface area contributed by atoms with Crippen LogP contribution in [0.2, 0.25) is 0 Å². The molecule has 2 aromatic heterocycles. The summed E-state index contributed by atoms with van der Waals surface area (Å²) in [5.74, 6) is 0. The van der Waals surface area contributed by atoms with Crippen LogP contribution in [0.4, 0.5) is 0 Å². The molecule has 6 aromatic rings. The van der Waals surface area contributed by atoms with Gasteiger partial charge in [0.2, 0.25) is 5.69 Å². The summed E-state index contributed by atoms with van der Waals surface area (Å²) < 4.78 is 8.61. The Morgan fingerprint density at radius 3 is 2.35 bits per heavy atom. The summed E-state index contributed by atoms with van der Waals surface area (Å²) in [5, 5.41) is 4.70. The minimum absolute atomic E-state index is 0.928. The second-order valence-electron chi connectivity index (χ2n) is 8.21. The first kappa shape index (κ1) is 17.9. The normalized spacial score (nSPS) is 11.5. The highest BCUT2D eigenvalue weighted by Gasteiger charge is 2.18. The van der Waals surface area contributed by atoms with Crippen LogP contribution in [0.5, 0.6) is 0 Å². The molecule has 0 atom stereocenters. The summed E-state index contributed by atoms with van der Waals surface area (Å²) >= 11 is 0. The number of hydrogen-bond acceptors (Lipinski definition) is 1. The quantitative estimate of drug-likeness (QED) is 0.281. The molecule has 0 spiro atoms. The first-order chi connectivity index (χ1) is 15.2. The lowest BCUT2D eigenvalue weighted by Crippen LogP contribution is -2.30. The van der Waals surface area contributed by atoms with Gasteiger partial charge in [0.15, 0.2) is 6.20 Å². The Hall–Kier alpha value is -3.91. The molecule has 0 saturated heterocycles. The third-order valence-corrected chi connectivity index (χ3v) is 6.24. The maximum atomic E-state index is 6.43. The maximum Gasteiger partial charge on any atom is 0.213 e. The highest BCUT2D eigenvalue weighted by atomic mass is 16.3. The van der Waals surface area contributed by atoms with Crippen molar-refractivity contribution in [3.8, 4) is 22.4 Å². The highest BCUT2D eigenvalue weighted by molar-refractivity contribution is 6.15. The third kappa shape index (κ3) is 2.83. The number of rotatable bonds is 2. The number of fused-ring (bicyclic) bond motifs is 5. The highest BCUT2D eigenvalue weighted by Crippen LogP contribution is 2.37. The van der Waals surface area contributed by atoms with Crippen LogP contribution in [-0.4, -0.2) is 0 Å². The molecule has 0 saturated carbocycles. The second kappa shape index (κ2) is 6.82. The van der Waals surface area contributed by atoms with Gasteiger partial charge < -0.3 is 4.42 Å². The molecule has 0 fully saturated rings. The number of aromatic nitrogens is 1. The van der Waals surface area contributed by atoms with Gasteiger partial charge in [-0.25, -0.2) is 4.57 Å². The van der Waals surface area contributed by atoms with Gasteiger partial charge in [0, 0.05) is 28.3 Å². The van der Waals surface area contributed by atoms with E-state index in [4.69, 9.17) is 4.42 Å². The van der Waals surface area contributed by atoms with Gasteiger partial charge in [0.05, 0.1) is 5.56 Å². The molecule has 0 unspecified atom stereocenters. The molecule has 0 aliphatic carbocycles. The van der Waals surface area contributed by atoms with E-state index < -0.39 is 0 Å². The van der Waals surface area contributed by atoms with Crippen LogP contribution < -0.4 is 4.57 Å². The van der Waals surface area contributed by atoms with E-state index in [0.717, 1.165) is 16.6 Å². The zero-order valence-corrected chi connectivity index (χ0v) is 17.6. The van der Waals surface area contributed by atoms with Crippen molar-refractivity contribution in [2.45, 2.75) is 6.92 Å². The van der Waals surface area contributed by atoms with Crippen LogP contribution in [0, 0.1) is 6.92 Å². The first-order valence-corrected chi connectivity index (χ1v) is 10.6. The number of furan rings is 1. The van der Waals surface area contributed by atoms with Crippen LogP contribution in [0.3, 0.4) is 0 Å². The fraction of sp³-hybridized carbons (Fsp3) is 0.0690. The fourth-order valence-electron chi connectivity index (χ4n) is 4.58. The first-order valence-electron chi connectivity index (χ1n) is 10.6. The summed E-state index contributed by atoms with van der Waals surface area (Å²) in [4.78, 5) is 0. The number of aryl methyl sites for hydroxylation is 2. The monoisotopic (exact) mass is 400 g/mol. The van der Waals surface area contributed by atoms with Gasteiger partial charge >= 0.3 is 0 Å². The minimum atomic E-state index is 0.928. The molecular weight excluding hydrogens is 378 g/mol. The lowest BCUT2D eigenvalue weighted by molar-refractivity contribution is -0.660. The van der Waals surface area contributed by atoms with Crippen molar-refractivity contribution < 1.29 is 8.98 Å². The molecule has 0 aliphatic heterocycles. The lowest BCUT2D eigenvalue weighted by atomic mass is 9.98. The summed E-state index contributed by atoms with van der Waals surface area (Å²) in [6.07, 6.45) is 2.13. The molecule has 2 nitrogen and oxygen atoms in total. The van der Waals surface area contributed by atoms with E-state index in [1.54, 1.807) is 0 Å². The summed E-state index contributed by atoms with van der Waals surface area (Å²) in [6, 6.07) is 32.2. The Balaban J connectivity index is 1.59. The molecule has 148 valence electrons. The van der Waals surface area contributed by atoms with E-state index >= 15 is 0 Å². The zero-order valence-electron chi connectivity index (χ0n) is 17.6. The van der Waals surface area contributed by atoms with Crippen molar-refractivity contribution in [1.29, 1.82) is 0 Å². The SMILES string of the molecule is Cc1cc2c(cc1-c1cc(-c3ccccc3)cc[n+]1C)oc1c3ccccc3ccc21. The van der Waals surface area contributed by atoms with Crippen LogP contribution in [0.1, 0.15) is 5.56 Å². The average molecular weight is 401 g/mol. The van der Waals surface area contributed by atoms with Crippen molar-refractivity contribution in [3.05, 3.63) is 103 Å². The van der Waals surface area contributed by atoms with E-state index in [1.165, 1.54) is 44.1 Å². The van der Waals surface area contributed by atoms with Crippen LogP contribution >= 0.6 is 0 Å². The number of pyridine rings is 1. The molecule has 2 heterocycles. The molecule has 0 aliphatic rings. The second-order valence-corrected chi connectivity index (χ2v) is 8.21. The van der Waals surface area contributed by atoms with E-state index in [1.807, 2.05) is 0 Å². The molecule has 0 N–H and O–H groups in total. The Labute approximate surface area is 181 Å². The van der Waals surface area contributed by atoms with Crippen molar-refractivity contribution >= 4 is 32.7 Å². The molecule has 2 heteroatoms. The van der Waals surface area contributed by atoms with Crippen molar-refractivity contribution in [2.75, 3.05) is 0 Å². The van der Waals surface area contributed by atoms with Crippen LogP contribution in [0.15, 0.2) is 102 Å². The smallest absolute Gasteiger partial charge is 0.213 e. The van der Waals surface area contributed by atoms with Gasteiger partial charge in [0.1, 0.15) is 18.2 Å². The minimum Gasteiger partial charge on any atom is -0.455 e. The lowest BCUT2D eigenvalue weighted by Gasteiger charge is -2.07. The van der Waals surface area contributed by atoms with E-state index in [2.05, 4.69) is 116 Å². The topological polar surface area (TPSA) is 17.0 Å². The summed E-state index contributed by atoms with van der Waals surface area (Å²) in [6.45, 7) is 2.18. The largest absolute Gasteiger partial charge is 0.455 e.